The van der Waals surface area contributed by atoms with E-state index in [0.29, 0.717) is 13.2 Å². The SMILES string of the molecule is CCOCCOC(=O)CCO. The van der Waals surface area contributed by atoms with E-state index in [2.05, 4.69) is 4.74 Å². The zero-order chi connectivity index (χ0) is 8.53. The molecule has 0 atom stereocenters. The third kappa shape index (κ3) is 7.29. The number of ether oxygens (including phenoxy) is 2. The van der Waals surface area contributed by atoms with Gasteiger partial charge in [0.1, 0.15) is 6.61 Å². The highest BCUT2D eigenvalue weighted by Crippen LogP contribution is 1.84. The van der Waals surface area contributed by atoms with Gasteiger partial charge in [-0.2, -0.15) is 0 Å². The van der Waals surface area contributed by atoms with Gasteiger partial charge in [-0.1, -0.05) is 0 Å². The number of hydrogen-bond donors (Lipinski definition) is 1. The van der Waals surface area contributed by atoms with Crippen molar-refractivity contribution in [2.75, 3.05) is 26.4 Å². The van der Waals surface area contributed by atoms with Gasteiger partial charge in [0.05, 0.1) is 19.6 Å². The van der Waals surface area contributed by atoms with Gasteiger partial charge >= 0.3 is 5.97 Å². The number of aliphatic hydroxyl groups excluding tert-OH is 1. The number of esters is 1. The molecule has 0 saturated carbocycles. The van der Waals surface area contributed by atoms with Crippen LogP contribution in [0.3, 0.4) is 0 Å². The lowest BCUT2D eigenvalue weighted by Crippen LogP contribution is -2.11. The van der Waals surface area contributed by atoms with E-state index in [1.165, 1.54) is 0 Å². The Morgan fingerprint density at radius 3 is 2.73 bits per heavy atom. The molecule has 0 aromatic rings. The summed E-state index contributed by atoms with van der Waals surface area (Å²) in [5.41, 5.74) is 0. The van der Waals surface area contributed by atoms with Crippen LogP contribution in [0, 0.1) is 0 Å². The Balaban J connectivity index is 3.04. The fourth-order valence-corrected chi connectivity index (χ4v) is 0.522. The van der Waals surface area contributed by atoms with Crippen LogP contribution in [0.2, 0.25) is 0 Å². The van der Waals surface area contributed by atoms with Crippen molar-refractivity contribution in [2.45, 2.75) is 13.3 Å². The molecule has 66 valence electrons. The Morgan fingerprint density at radius 1 is 1.45 bits per heavy atom. The second-order valence-electron chi connectivity index (χ2n) is 1.89. The molecule has 0 heterocycles. The molecule has 4 nitrogen and oxygen atoms in total. The van der Waals surface area contributed by atoms with Gasteiger partial charge in [-0.25, -0.2) is 0 Å². The van der Waals surface area contributed by atoms with Crippen LogP contribution in [-0.2, 0) is 14.3 Å². The number of carbonyl (C=O) groups excluding carboxylic acids is 1. The van der Waals surface area contributed by atoms with Crippen LogP contribution in [0.1, 0.15) is 13.3 Å². The Morgan fingerprint density at radius 2 is 2.18 bits per heavy atom. The van der Waals surface area contributed by atoms with E-state index in [9.17, 15) is 4.79 Å². The standard InChI is InChI=1S/C7H14O4/c1-2-10-5-6-11-7(9)3-4-8/h8H,2-6H2,1H3. The van der Waals surface area contributed by atoms with Crippen molar-refractivity contribution in [3.8, 4) is 0 Å². The fraction of sp³-hybridized carbons (Fsp3) is 0.857. The molecule has 0 aliphatic carbocycles. The van der Waals surface area contributed by atoms with Crippen molar-refractivity contribution in [3.05, 3.63) is 0 Å². The zero-order valence-electron chi connectivity index (χ0n) is 6.71. The molecule has 0 amide bonds. The van der Waals surface area contributed by atoms with Gasteiger partial charge in [-0.3, -0.25) is 4.79 Å². The minimum Gasteiger partial charge on any atom is -0.463 e. The predicted molar refractivity (Wildman–Crippen MR) is 39.2 cm³/mol. The maximum atomic E-state index is 10.6. The molecule has 0 radical (unpaired) electrons. The highest BCUT2D eigenvalue weighted by molar-refractivity contribution is 5.69. The number of rotatable bonds is 6. The van der Waals surface area contributed by atoms with Crippen molar-refractivity contribution in [1.82, 2.24) is 0 Å². The van der Waals surface area contributed by atoms with Crippen LogP contribution in [0.25, 0.3) is 0 Å². The highest BCUT2D eigenvalue weighted by atomic mass is 16.6. The largest absolute Gasteiger partial charge is 0.463 e. The molecule has 0 aromatic heterocycles. The molecule has 0 aliphatic heterocycles. The van der Waals surface area contributed by atoms with Gasteiger partial charge < -0.3 is 14.6 Å². The first-order valence-electron chi connectivity index (χ1n) is 3.65. The molecule has 11 heavy (non-hydrogen) atoms. The Labute approximate surface area is 66.1 Å². The van der Waals surface area contributed by atoms with Gasteiger partial charge in [-0.05, 0) is 6.92 Å². The summed E-state index contributed by atoms with van der Waals surface area (Å²) in [5, 5.41) is 8.31. The van der Waals surface area contributed by atoms with Crippen molar-refractivity contribution in [3.63, 3.8) is 0 Å². The van der Waals surface area contributed by atoms with Gasteiger partial charge in [-0.15, -0.1) is 0 Å². The number of carbonyl (C=O) groups is 1. The first-order chi connectivity index (χ1) is 5.31. The summed E-state index contributed by atoms with van der Waals surface area (Å²) in [6.07, 6.45) is 0.0616. The molecule has 0 rings (SSSR count). The lowest BCUT2D eigenvalue weighted by Gasteiger charge is -2.02. The van der Waals surface area contributed by atoms with E-state index in [0.717, 1.165) is 0 Å². The maximum Gasteiger partial charge on any atom is 0.308 e. The summed E-state index contributed by atoms with van der Waals surface area (Å²) >= 11 is 0. The molecule has 0 spiro atoms. The third-order valence-electron chi connectivity index (χ3n) is 1.01. The quantitative estimate of drug-likeness (QED) is 0.439. The van der Waals surface area contributed by atoms with E-state index >= 15 is 0 Å². The Hall–Kier alpha value is -0.610. The monoisotopic (exact) mass is 162 g/mol. The highest BCUT2D eigenvalue weighted by Gasteiger charge is 1.99. The Kier molecular flexibility index (Phi) is 7.08. The molecule has 4 heteroatoms. The summed E-state index contributed by atoms with van der Waals surface area (Å²) < 4.78 is 9.58. The lowest BCUT2D eigenvalue weighted by atomic mass is 10.5. The smallest absolute Gasteiger partial charge is 0.308 e. The van der Waals surface area contributed by atoms with E-state index in [-0.39, 0.29) is 25.6 Å². The van der Waals surface area contributed by atoms with Gasteiger partial charge in [0.2, 0.25) is 0 Å². The van der Waals surface area contributed by atoms with Gasteiger partial charge in [0, 0.05) is 6.61 Å². The fourth-order valence-electron chi connectivity index (χ4n) is 0.522. The van der Waals surface area contributed by atoms with Crippen LogP contribution >= 0.6 is 0 Å². The minimum atomic E-state index is -0.382. The average molecular weight is 162 g/mol. The lowest BCUT2D eigenvalue weighted by molar-refractivity contribution is -0.145. The van der Waals surface area contributed by atoms with E-state index in [1.54, 1.807) is 0 Å². The van der Waals surface area contributed by atoms with Crippen LogP contribution in [0.15, 0.2) is 0 Å². The van der Waals surface area contributed by atoms with Gasteiger partial charge in [0.15, 0.2) is 0 Å². The molecule has 0 aromatic carbocycles. The summed E-state index contributed by atoms with van der Waals surface area (Å²) in [5.74, 6) is -0.382. The van der Waals surface area contributed by atoms with Crippen LogP contribution in [0.5, 0.6) is 0 Å². The molecule has 0 bridgehead atoms. The van der Waals surface area contributed by atoms with E-state index in [1.807, 2.05) is 6.92 Å². The molecule has 1 N–H and O–H groups in total. The topological polar surface area (TPSA) is 55.8 Å². The first-order valence-corrected chi connectivity index (χ1v) is 3.65. The van der Waals surface area contributed by atoms with Crippen molar-refractivity contribution >= 4 is 5.97 Å². The molecule has 0 aliphatic rings. The minimum absolute atomic E-state index is 0.0616. The number of aliphatic hydroxyl groups is 1. The van der Waals surface area contributed by atoms with Crippen molar-refractivity contribution in [2.24, 2.45) is 0 Å². The summed E-state index contributed by atoms with van der Waals surface area (Å²) in [4.78, 5) is 10.6. The summed E-state index contributed by atoms with van der Waals surface area (Å²) in [7, 11) is 0. The van der Waals surface area contributed by atoms with Gasteiger partial charge in [0.25, 0.3) is 0 Å². The molecule has 0 unspecified atom stereocenters. The zero-order valence-corrected chi connectivity index (χ0v) is 6.71. The van der Waals surface area contributed by atoms with Crippen LogP contribution in [-0.4, -0.2) is 37.5 Å². The molecular weight excluding hydrogens is 148 g/mol. The van der Waals surface area contributed by atoms with Crippen LogP contribution < -0.4 is 0 Å². The maximum absolute atomic E-state index is 10.6. The average Bonchev–Trinajstić information content (AvgIpc) is 1.99. The van der Waals surface area contributed by atoms with E-state index in [4.69, 9.17) is 9.84 Å². The predicted octanol–water partition coefficient (Wildman–Crippen LogP) is -0.0515. The normalized spacial score (nSPS) is 9.64. The molecule has 0 saturated heterocycles. The van der Waals surface area contributed by atoms with Crippen molar-refractivity contribution in [1.29, 1.82) is 0 Å². The third-order valence-corrected chi connectivity index (χ3v) is 1.01. The summed E-state index contributed by atoms with van der Waals surface area (Å²) in [6.45, 7) is 3.03. The molecular formula is C7H14O4. The molecule has 0 fully saturated rings. The van der Waals surface area contributed by atoms with E-state index < -0.39 is 0 Å². The second kappa shape index (κ2) is 7.50. The first kappa shape index (κ1) is 10.4. The van der Waals surface area contributed by atoms with Crippen LogP contribution in [0.4, 0.5) is 0 Å². The Bertz CT molecular complexity index is 103. The van der Waals surface area contributed by atoms with Crippen molar-refractivity contribution < 1.29 is 19.4 Å². The second-order valence-corrected chi connectivity index (χ2v) is 1.89. The number of hydrogen-bond acceptors (Lipinski definition) is 4. The summed E-state index contributed by atoms with van der Waals surface area (Å²) in [6, 6.07) is 0.